The van der Waals surface area contributed by atoms with Crippen LogP contribution < -0.4 is 21.9 Å². The number of nitrogen functional groups attached to an aromatic ring is 1. The first-order chi connectivity index (χ1) is 17.2. The molecule has 0 atom stereocenters. The van der Waals surface area contributed by atoms with E-state index >= 15 is 0 Å². The summed E-state index contributed by atoms with van der Waals surface area (Å²) in [5.41, 5.74) is 7.82. The van der Waals surface area contributed by atoms with Crippen LogP contribution in [0.5, 0.6) is 0 Å². The van der Waals surface area contributed by atoms with Crippen LogP contribution in [0.1, 0.15) is 54.6 Å². The van der Waals surface area contributed by atoms with Gasteiger partial charge in [-0.05, 0) is 38.8 Å². The lowest BCUT2D eigenvalue weighted by atomic mass is 10.1. The largest absolute Gasteiger partial charge is 0.383 e. The highest BCUT2D eigenvalue weighted by atomic mass is 16.2. The quantitative estimate of drug-likeness (QED) is 0.543. The van der Waals surface area contributed by atoms with Crippen molar-refractivity contribution in [2.45, 2.75) is 53.5 Å². The third-order valence-electron chi connectivity index (χ3n) is 6.45. The molecular weight excluding hydrogens is 460 g/mol. The molecule has 1 aliphatic heterocycles. The summed E-state index contributed by atoms with van der Waals surface area (Å²) < 4.78 is 1.31. The van der Waals surface area contributed by atoms with Crippen LogP contribution in [0.3, 0.4) is 0 Å². The second-order valence-electron chi connectivity index (χ2n) is 9.49. The predicted molar refractivity (Wildman–Crippen MR) is 142 cm³/mol. The third-order valence-corrected chi connectivity index (χ3v) is 6.45. The van der Waals surface area contributed by atoms with Crippen LogP contribution in [-0.2, 0) is 11.3 Å². The van der Waals surface area contributed by atoms with E-state index in [0.29, 0.717) is 57.7 Å². The van der Waals surface area contributed by atoms with E-state index in [1.807, 2.05) is 55.7 Å². The van der Waals surface area contributed by atoms with E-state index in [2.05, 4.69) is 4.98 Å². The second-order valence-corrected chi connectivity index (χ2v) is 9.49. The van der Waals surface area contributed by atoms with Gasteiger partial charge in [0.2, 0.25) is 5.91 Å². The Balaban J connectivity index is 1.73. The molecule has 1 aromatic carbocycles. The van der Waals surface area contributed by atoms with E-state index < -0.39 is 11.2 Å². The van der Waals surface area contributed by atoms with Gasteiger partial charge in [-0.25, -0.2) is 4.79 Å². The molecule has 1 aliphatic rings. The summed E-state index contributed by atoms with van der Waals surface area (Å²) >= 11 is 0. The zero-order chi connectivity index (χ0) is 26.4. The SMILES string of the molecule is CCCCN(C(=O)CN1CCN(C(=O)c2cc(C)cc(C)c2)CC1)c1c(N)n(CCC)c(=O)[nH]c1=O. The van der Waals surface area contributed by atoms with E-state index in [4.69, 9.17) is 5.73 Å². The highest BCUT2D eigenvalue weighted by Gasteiger charge is 2.28. The summed E-state index contributed by atoms with van der Waals surface area (Å²) in [6, 6.07) is 5.84. The number of amides is 2. The normalized spacial score (nSPS) is 14.2. The fourth-order valence-electron chi connectivity index (χ4n) is 4.63. The number of benzene rings is 1. The highest BCUT2D eigenvalue weighted by Crippen LogP contribution is 2.19. The molecule has 0 bridgehead atoms. The van der Waals surface area contributed by atoms with Gasteiger partial charge in [0.15, 0.2) is 5.69 Å². The molecule has 3 N–H and O–H groups in total. The molecule has 2 heterocycles. The molecule has 0 spiro atoms. The Hall–Kier alpha value is -3.40. The van der Waals surface area contributed by atoms with Crippen molar-refractivity contribution in [3.8, 4) is 0 Å². The van der Waals surface area contributed by atoms with Crippen LogP contribution in [0.15, 0.2) is 27.8 Å². The van der Waals surface area contributed by atoms with E-state index in [1.165, 1.54) is 9.47 Å². The van der Waals surface area contributed by atoms with E-state index in [-0.39, 0.29) is 29.9 Å². The zero-order valence-electron chi connectivity index (χ0n) is 21.8. The lowest BCUT2D eigenvalue weighted by Crippen LogP contribution is -2.52. The number of anilines is 2. The van der Waals surface area contributed by atoms with Crippen molar-refractivity contribution in [1.82, 2.24) is 19.4 Å². The number of piperazine rings is 1. The highest BCUT2D eigenvalue weighted by molar-refractivity contribution is 5.97. The van der Waals surface area contributed by atoms with Crippen molar-refractivity contribution in [3.05, 3.63) is 55.7 Å². The van der Waals surface area contributed by atoms with Gasteiger partial charge < -0.3 is 15.5 Å². The van der Waals surface area contributed by atoms with Crippen LogP contribution in [0.2, 0.25) is 0 Å². The Morgan fingerprint density at radius 3 is 2.22 bits per heavy atom. The Kier molecular flexibility index (Phi) is 9.08. The topological polar surface area (TPSA) is 125 Å². The minimum atomic E-state index is -0.654. The maximum absolute atomic E-state index is 13.4. The van der Waals surface area contributed by atoms with Crippen molar-refractivity contribution >= 4 is 23.3 Å². The van der Waals surface area contributed by atoms with E-state index in [9.17, 15) is 19.2 Å². The molecule has 36 heavy (non-hydrogen) atoms. The molecule has 2 amide bonds. The fourth-order valence-corrected chi connectivity index (χ4v) is 4.63. The summed E-state index contributed by atoms with van der Waals surface area (Å²) in [7, 11) is 0. The fraction of sp³-hybridized carbons (Fsp3) is 0.538. The van der Waals surface area contributed by atoms with Crippen molar-refractivity contribution < 1.29 is 9.59 Å². The number of unbranched alkanes of at least 4 members (excludes halogenated alkanes) is 1. The van der Waals surface area contributed by atoms with Crippen molar-refractivity contribution in [1.29, 1.82) is 0 Å². The first-order valence-electron chi connectivity index (χ1n) is 12.7. The van der Waals surface area contributed by atoms with Gasteiger partial charge in [0, 0.05) is 44.8 Å². The van der Waals surface area contributed by atoms with E-state index in [1.54, 1.807) is 0 Å². The molecule has 0 radical (unpaired) electrons. The van der Waals surface area contributed by atoms with Crippen molar-refractivity contribution in [2.75, 3.05) is 49.9 Å². The maximum atomic E-state index is 13.4. The van der Waals surface area contributed by atoms with Gasteiger partial charge in [0.25, 0.3) is 11.5 Å². The number of aromatic nitrogens is 2. The van der Waals surface area contributed by atoms with Crippen LogP contribution in [0.4, 0.5) is 11.5 Å². The molecule has 1 fully saturated rings. The van der Waals surface area contributed by atoms with E-state index in [0.717, 1.165) is 17.5 Å². The molecule has 10 nitrogen and oxygen atoms in total. The van der Waals surface area contributed by atoms with Gasteiger partial charge in [-0.2, -0.15) is 0 Å². The number of nitrogens with zero attached hydrogens (tertiary/aromatic N) is 4. The molecule has 196 valence electrons. The number of aryl methyl sites for hydroxylation is 2. The Morgan fingerprint density at radius 1 is 1.00 bits per heavy atom. The Morgan fingerprint density at radius 2 is 1.64 bits per heavy atom. The van der Waals surface area contributed by atoms with Gasteiger partial charge in [0.05, 0.1) is 6.54 Å². The molecule has 1 aromatic heterocycles. The zero-order valence-corrected chi connectivity index (χ0v) is 21.8. The number of hydrogen-bond acceptors (Lipinski definition) is 6. The predicted octanol–water partition coefficient (Wildman–Crippen LogP) is 1.74. The molecular formula is C26H38N6O4. The number of carbonyl (C=O) groups excluding carboxylic acids is 2. The van der Waals surface area contributed by atoms with Gasteiger partial charge in [-0.15, -0.1) is 0 Å². The summed E-state index contributed by atoms with van der Waals surface area (Å²) in [6.45, 7) is 10.8. The lowest BCUT2D eigenvalue weighted by Gasteiger charge is -2.35. The van der Waals surface area contributed by atoms with Crippen LogP contribution in [0, 0.1) is 13.8 Å². The number of H-pyrrole nitrogens is 1. The minimum absolute atomic E-state index is 0.00478. The standard InChI is InChI=1S/C26H38N6O4/c1-5-7-9-31(22-23(27)32(8-6-2)26(36)28-24(22)34)21(33)17-29-10-12-30(13-11-29)25(35)20-15-18(3)14-19(4)16-20/h14-16H,5-13,17,27H2,1-4H3,(H,28,34,36). The second kappa shape index (κ2) is 12.0. The monoisotopic (exact) mass is 498 g/mol. The average molecular weight is 499 g/mol. The number of rotatable bonds is 9. The third kappa shape index (κ3) is 6.23. The summed E-state index contributed by atoms with van der Waals surface area (Å²) in [6.07, 6.45) is 2.18. The number of nitrogens with one attached hydrogen (secondary N) is 1. The lowest BCUT2D eigenvalue weighted by molar-refractivity contribution is -0.120. The minimum Gasteiger partial charge on any atom is -0.383 e. The summed E-state index contributed by atoms with van der Waals surface area (Å²) in [5, 5.41) is 0. The molecule has 10 heteroatoms. The van der Waals surface area contributed by atoms with Crippen LogP contribution in [0.25, 0.3) is 0 Å². The van der Waals surface area contributed by atoms with Gasteiger partial charge in [-0.3, -0.25) is 28.8 Å². The number of carbonyl (C=O) groups is 2. The average Bonchev–Trinajstić information content (AvgIpc) is 2.83. The molecule has 1 saturated heterocycles. The number of hydrogen-bond donors (Lipinski definition) is 2. The molecule has 0 saturated carbocycles. The van der Waals surface area contributed by atoms with Crippen molar-refractivity contribution in [2.24, 2.45) is 0 Å². The first kappa shape index (κ1) is 27.2. The number of aromatic amines is 1. The first-order valence-corrected chi connectivity index (χ1v) is 12.7. The Labute approximate surface area is 211 Å². The molecule has 2 aromatic rings. The number of nitrogens with two attached hydrogens (primary N) is 1. The van der Waals surface area contributed by atoms with Crippen LogP contribution in [-0.4, -0.2) is 70.4 Å². The molecule has 0 unspecified atom stereocenters. The van der Waals surface area contributed by atoms with Crippen LogP contribution >= 0.6 is 0 Å². The van der Waals surface area contributed by atoms with Gasteiger partial charge >= 0.3 is 5.69 Å². The molecule has 0 aliphatic carbocycles. The van der Waals surface area contributed by atoms with Crippen molar-refractivity contribution in [3.63, 3.8) is 0 Å². The van der Waals surface area contributed by atoms with Gasteiger partial charge in [-0.1, -0.05) is 37.5 Å². The Bertz CT molecular complexity index is 1190. The smallest absolute Gasteiger partial charge is 0.330 e. The summed E-state index contributed by atoms with van der Waals surface area (Å²) in [5.74, 6) is -0.245. The molecule has 3 rings (SSSR count). The summed E-state index contributed by atoms with van der Waals surface area (Å²) in [4.78, 5) is 58.9. The maximum Gasteiger partial charge on any atom is 0.330 e. The van der Waals surface area contributed by atoms with Gasteiger partial charge in [0.1, 0.15) is 5.82 Å².